The van der Waals surface area contributed by atoms with Gasteiger partial charge < -0.3 is 5.11 Å². The van der Waals surface area contributed by atoms with Crippen molar-refractivity contribution in [1.82, 2.24) is 4.90 Å². The van der Waals surface area contributed by atoms with E-state index < -0.39 is 9.84 Å². The Bertz CT molecular complexity index is 382. The van der Waals surface area contributed by atoms with Crippen LogP contribution in [-0.4, -0.2) is 55.7 Å². The number of likely N-dealkylation sites (tertiary alicyclic amines) is 1. The molecular formula is C14H27NO3S. The lowest BCUT2D eigenvalue weighted by atomic mass is 9.87. The normalized spacial score (nSPS) is 33.7. The van der Waals surface area contributed by atoms with Gasteiger partial charge in [0.1, 0.15) is 9.84 Å². The summed E-state index contributed by atoms with van der Waals surface area (Å²) in [5.41, 5.74) is 0. The van der Waals surface area contributed by atoms with Crippen molar-refractivity contribution in [1.29, 1.82) is 0 Å². The van der Waals surface area contributed by atoms with E-state index >= 15 is 0 Å². The number of rotatable bonds is 5. The van der Waals surface area contributed by atoms with E-state index in [0.717, 1.165) is 38.8 Å². The molecule has 1 aliphatic carbocycles. The molecule has 1 aliphatic heterocycles. The lowest BCUT2D eigenvalue weighted by Gasteiger charge is -2.40. The van der Waals surface area contributed by atoms with Gasteiger partial charge in [0.25, 0.3) is 0 Å². The standard InChI is InChI=1S/C14H27NO3S/c1-19(17,18)11-5-10-15-9-3-2-7-13(15)12-6-4-8-14(12)16/h12-14,16H,2-11H2,1H3. The van der Waals surface area contributed by atoms with E-state index in [9.17, 15) is 13.5 Å². The van der Waals surface area contributed by atoms with Crippen molar-refractivity contribution in [3.63, 3.8) is 0 Å². The first-order valence-corrected chi connectivity index (χ1v) is 9.63. The van der Waals surface area contributed by atoms with Gasteiger partial charge >= 0.3 is 0 Å². The smallest absolute Gasteiger partial charge is 0.147 e. The number of aliphatic hydroxyl groups is 1. The predicted molar refractivity (Wildman–Crippen MR) is 76.9 cm³/mol. The van der Waals surface area contributed by atoms with Crippen LogP contribution in [0.25, 0.3) is 0 Å². The van der Waals surface area contributed by atoms with Gasteiger partial charge in [0.05, 0.1) is 11.9 Å². The molecule has 1 saturated heterocycles. The first kappa shape index (κ1) is 15.3. The molecule has 0 spiro atoms. The predicted octanol–water partition coefficient (Wildman–Crippen LogP) is 1.44. The largest absolute Gasteiger partial charge is 0.393 e. The van der Waals surface area contributed by atoms with E-state index in [1.165, 1.54) is 25.5 Å². The first-order valence-electron chi connectivity index (χ1n) is 7.57. The van der Waals surface area contributed by atoms with Crippen molar-refractivity contribution < 1.29 is 13.5 Å². The molecule has 2 rings (SSSR count). The molecule has 2 fully saturated rings. The zero-order valence-electron chi connectivity index (χ0n) is 11.9. The number of nitrogens with zero attached hydrogens (tertiary/aromatic N) is 1. The van der Waals surface area contributed by atoms with Crippen molar-refractivity contribution in [3.8, 4) is 0 Å². The number of sulfone groups is 1. The molecule has 0 aromatic heterocycles. The van der Waals surface area contributed by atoms with Gasteiger partial charge in [-0.15, -0.1) is 0 Å². The minimum Gasteiger partial charge on any atom is -0.393 e. The van der Waals surface area contributed by atoms with Crippen molar-refractivity contribution in [2.75, 3.05) is 25.1 Å². The second kappa shape index (κ2) is 6.55. The topological polar surface area (TPSA) is 57.6 Å². The van der Waals surface area contributed by atoms with Gasteiger partial charge in [-0.3, -0.25) is 4.90 Å². The molecule has 0 bridgehead atoms. The van der Waals surface area contributed by atoms with Gasteiger partial charge in [-0.25, -0.2) is 8.42 Å². The molecule has 1 saturated carbocycles. The quantitative estimate of drug-likeness (QED) is 0.832. The van der Waals surface area contributed by atoms with Crippen molar-refractivity contribution in [2.24, 2.45) is 5.92 Å². The molecule has 19 heavy (non-hydrogen) atoms. The van der Waals surface area contributed by atoms with E-state index in [-0.39, 0.29) is 11.9 Å². The van der Waals surface area contributed by atoms with Crippen LogP contribution in [0.3, 0.4) is 0 Å². The molecule has 1 N–H and O–H groups in total. The van der Waals surface area contributed by atoms with Crippen LogP contribution in [0.2, 0.25) is 0 Å². The minimum absolute atomic E-state index is 0.138. The van der Waals surface area contributed by atoms with Crippen LogP contribution in [0.15, 0.2) is 0 Å². The highest BCUT2D eigenvalue weighted by Gasteiger charge is 2.36. The Balaban J connectivity index is 1.88. The summed E-state index contributed by atoms with van der Waals surface area (Å²) in [6.07, 6.45) is 8.72. The molecule has 0 aromatic carbocycles. The Morgan fingerprint density at radius 3 is 2.58 bits per heavy atom. The van der Waals surface area contributed by atoms with Crippen LogP contribution in [0.4, 0.5) is 0 Å². The monoisotopic (exact) mass is 289 g/mol. The van der Waals surface area contributed by atoms with Gasteiger partial charge in [0.2, 0.25) is 0 Å². The maximum absolute atomic E-state index is 11.2. The highest BCUT2D eigenvalue weighted by molar-refractivity contribution is 7.90. The summed E-state index contributed by atoms with van der Waals surface area (Å²) in [5, 5.41) is 10.1. The third-order valence-electron chi connectivity index (χ3n) is 4.65. The summed E-state index contributed by atoms with van der Waals surface area (Å²) in [5.74, 6) is 0.696. The van der Waals surface area contributed by atoms with Crippen LogP contribution in [-0.2, 0) is 9.84 Å². The molecule has 2 aliphatic rings. The van der Waals surface area contributed by atoms with Gasteiger partial charge in [-0.1, -0.05) is 12.8 Å². The van der Waals surface area contributed by atoms with Crippen LogP contribution < -0.4 is 0 Å². The van der Waals surface area contributed by atoms with Crippen molar-refractivity contribution in [2.45, 2.75) is 57.1 Å². The SMILES string of the molecule is CS(=O)(=O)CCCN1CCCCC1C1CCCC1O. The summed E-state index contributed by atoms with van der Waals surface area (Å²) in [7, 11) is -2.85. The molecular weight excluding hydrogens is 262 g/mol. The van der Waals surface area contributed by atoms with Crippen LogP contribution in [0.5, 0.6) is 0 Å². The van der Waals surface area contributed by atoms with Gasteiger partial charge in [0.15, 0.2) is 0 Å². The zero-order chi connectivity index (χ0) is 13.9. The van der Waals surface area contributed by atoms with Crippen LogP contribution in [0, 0.1) is 5.92 Å². The summed E-state index contributed by atoms with van der Waals surface area (Å²) < 4.78 is 22.4. The van der Waals surface area contributed by atoms with Crippen LogP contribution in [0.1, 0.15) is 44.9 Å². The number of aliphatic hydroxyl groups excluding tert-OH is 1. The molecule has 1 heterocycles. The Kier molecular flexibility index (Phi) is 5.26. The fraction of sp³-hybridized carbons (Fsp3) is 1.00. The fourth-order valence-corrected chi connectivity index (χ4v) is 4.38. The molecule has 3 atom stereocenters. The molecule has 0 aromatic rings. The van der Waals surface area contributed by atoms with E-state index in [2.05, 4.69) is 4.90 Å². The average Bonchev–Trinajstić information content (AvgIpc) is 2.74. The number of hydrogen-bond donors (Lipinski definition) is 1. The summed E-state index contributed by atoms with van der Waals surface area (Å²) >= 11 is 0. The fourth-order valence-electron chi connectivity index (χ4n) is 3.73. The summed E-state index contributed by atoms with van der Waals surface area (Å²) in [6, 6.07) is 0.478. The Labute approximate surface area is 117 Å². The Morgan fingerprint density at radius 1 is 1.16 bits per heavy atom. The van der Waals surface area contributed by atoms with E-state index in [0.29, 0.717) is 12.0 Å². The minimum atomic E-state index is -2.85. The lowest BCUT2D eigenvalue weighted by molar-refractivity contribution is 0.0357. The maximum atomic E-state index is 11.2. The third kappa shape index (κ3) is 4.43. The highest BCUT2D eigenvalue weighted by atomic mass is 32.2. The first-order chi connectivity index (χ1) is 8.97. The highest BCUT2D eigenvalue weighted by Crippen LogP contribution is 2.35. The van der Waals surface area contributed by atoms with Crippen molar-refractivity contribution in [3.05, 3.63) is 0 Å². The molecule has 4 nitrogen and oxygen atoms in total. The molecule has 112 valence electrons. The zero-order valence-corrected chi connectivity index (χ0v) is 12.7. The average molecular weight is 289 g/mol. The second-order valence-electron chi connectivity index (χ2n) is 6.24. The molecule has 3 unspecified atom stereocenters. The molecule has 0 amide bonds. The summed E-state index contributed by atoms with van der Waals surface area (Å²) in [4.78, 5) is 2.44. The van der Waals surface area contributed by atoms with E-state index in [1.54, 1.807) is 0 Å². The number of piperidine rings is 1. The van der Waals surface area contributed by atoms with E-state index in [4.69, 9.17) is 0 Å². The third-order valence-corrected chi connectivity index (χ3v) is 5.68. The Morgan fingerprint density at radius 2 is 1.95 bits per heavy atom. The van der Waals surface area contributed by atoms with Crippen LogP contribution >= 0.6 is 0 Å². The molecule has 5 heteroatoms. The van der Waals surface area contributed by atoms with Gasteiger partial charge in [0, 0.05) is 18.2 Å². The molecule has 0 radical (unpaired) electrons. The number of hydrogen-bond acceptors (Lipinski definition) is 4. The Hall–Kier alpha value is -0.130. The maximum Gasteiger partial charge on any atom is 0.147 e. The van der Waals surface area contributed by atoms with Gasteiger partial charge in [-0.2, -0.15) is 0 Å². The van der Waals surface area contributed by atoms with Crippen molar-refractivity contribution >= 4 is 9.84 Å². The van der Waals surface area contributed by atoms with Gasteiger partial charge in [-0.05, 0) is 45.2 Å². The van der Waals surface area contributed by atoms with E-state index in [1.807, 2.05) is 0 Å². The lowest BCUT2D eigenvalue weighted by Crippen LogP contribution is -2.46. The second-order valence-corrected chi connectivity index (χ2v) is 8.50. The summed E-state index contributed by atoms with van der Waals surface area (Å²) in [6.45, 7) is 1.93.